The zero-order valence-corrected chi connectivity index (χ0v) is 19.5. The number of ether oxygens (including phenoxy) is 1. The number of benzene rings is 2. The fourth-order valence-corrected chi connectivity index (χ4v) is 3.26. The van der Waals surface area contributed by atoms with Gasteiger partial charge in [0.1, 0.15) is 11.6 Å². The molecule has 0 aliphatic heterocycles. The van der Waals surface area contributed by atoms with Crippen LogP contribution in [0, 0.1) is 5.82 Å². The Labute approximate surface area is 193 Å². The quantitative estimate of drug-likeness (QED) is 0.214. The third kappa shape index (κ3) is 6.07. The van der Waals surface area contributed by atoms with Crippen molar-refractivity contribution in [3.8, 4) is 5.75 Å². The maximum Gasteiger partial charge on any atom is 0.251 e. The third-order valence-corrected chi connectivity index (χ3v) is 5.17. The average Bonchev–Trinajstić information content (AvgIpc) is 3.54. The molecule has 1 aliphatic carbocycles. The van der Waals surface area contributed by atoms with Crippen LogP contribution in [-0.4, -0.2) is 45.7 Å². The number of amides is 1. The molecule has 1 amide bonds. The summed E-state index contributed by atoms with van der Waals surface area (Å²) < 4.78 is 19.2. The van der Waals surface area contributed by atoms with Crippen molar-refractivity contribution in [3.63, 3.8) is 0 Å². The molecule has 2 aromatic rings. The molecule has 0 radical (unpaired) electrons. The average molecular weight is 526 g/mol. The van der Waals surface area contributed by atoms with Gasteiger partial charge in [-0.2, -0.15) is 0 Å². The lowest BCUT2D eigenvalue weighted by molar-refractivity contribution is 0.0954. The SMILES string of the molecule is CN=C(NCCNC(=O)c1ccc(OC)cc1)NCC1(c2ccccc2F)CC1.I. The molecule has 1 fully saturated rings. The highest BCUT2D eigenvalue weighted by Gasteiger charge is 2.45. The van der Waals surface area contributed by atoms with Crippen molar-refractivity contribution in [3.05, 3.63) is 65.5 Å². The molecule has 3 N–H and O–H groups in total. The van der Waals surface area contributed by atoms with Gasteiger partial charge in [-0.05, 0) is 48.7 Å². The van der Waals surface area contributed by atoms with Crippen molar-refractivity contribution < 1.29 is 13.9 Å². The first-order valence-electron chi connectivity index (χ1n) is 9.70. The van der Waals surface area contributed by atoms with Gasteiger partial charge in [0.05, 0.1) is 7.11 Å². The Morgan fingerprint density at radius 3 is 2.33 bits per heavy atom. The molecule has 0 heterocycles. The molecule has 1 aliphatic rings. The minimum Gasteiger partial charge on any atom is -0.497 e. The zero-order valence-electron chi connectivity index (χ0n) is 17.2. The molecular formula is C22H28FIN4O2. The normalized spacial score (nSPS) is 14.3. The van der Waals surface area contributed by atoms with Crippen LogP contribution in [0.2, 0.25) is 0 Å². The number of carbonyl (C=O) groups excluding carboxylic acids is 1. The number of hydrogen-bond acceptors (Lipinski definition) is 3. The minimum absolute atomic E-state index is 0. The maximum absolute atomic E-state index is 14.1. The first-order valence-corrected chi connectivity index (χ1v) is 9.70. The molecule has 8 heteroatoms. The number of halogens is 2. The summed E-state index contributed by atoms with van der Waals surface area (Å²) in [6.07, 6.45) is 1.91. The molecule has 6 nitrogen and oxygen atoms in total. The third-order valence-electron chi connectivity index (χ3n) is 5.17. The summed E-state index contributed by atoms with van der Waals surface area (Å²) in [6.45, 7) is 1.59. The van der Waals surface area contributed by atoms with Crippen molar-refractivity contribution >= 4 is 35.8 Å². The summed E-state index contributed by atoms with van der Waals surface area (Å²) in [5, 5.41) is 9.31. The van der Waals surface area contributed by atoms with Gasteiger partial charge in [0.25, 0.3) is 5.91 Å². The van der Waals surface area contributed by atoms with E-state index in [1.807, 2.05) is 12.1 Å². The Kier molecular flexibility index (Phi) is 8.88. The molecule has 2 aromatic carbocycles. The number of carbonyl (C=O) groups is 1. The summed E-state index contributed by atoms with van der Waals surface area (Å²) in [5.41, 5.74) is 1.18. The molecule has 0 aromatic heterocycles. The number of aliphatic imine (C=N–C) groups is 1. The molecule has 3 rings (SSSR count). The fourth-order valence-electron chi connectivity index (χ4n) is 3.26. The highest BCUT2D eigenvalue weighted by Crippen LogP contribution is 2.48. The van der Waals surface area contributed by atoms with Crippen LogP contribution in [-0.2, 0) is 5.41 Å². The van der Waals surface area contributed by atoms with Crippen molar-refractivity contribution in [1.29, 1.82) is 0 Å². The number of rotatable bonds is 8. The van der Waals surface area contributed by atoms with Crippen LogP contribution in [0.1, 0.15) is 28.8 Å². The van der Waals surface area contributed by atoms with Crippen LogP contribution in [0.25, 0.3) is 0 Å². The predicted molar refractivity (Wildman–Crippen MR) is 127 cm³/mol. The first kappa shape index (κ1) is 23.9. The Hall–Kier alpha value is -2.36. The maximum atomic E-state index is 14.1. The van der Waals surface area contributed by atoms with Crippen LogP contribution in [0.4, 0.5) is 4.39 Å². The van der Waals surface area contributed by atoms with Crippen LogP contribution in [0.15, 0.2) is 53.5 Å². The van der Waals surface area contributed by atoms with Crippen molar-refractivity contribution in [2.45, 2.75) is 18.3 Å². The molecule has 0 saturated heterocycles. The summed E-state index contributed by atoms with van der Waals surface area (Å²) in [6, 6.07) is 13.9. The van der Waals surface area contributed by atoms with Gasteiger partial charge in [0.2, 0.25) is 0 Å². The first-order chi connectivity index (χ1) is 14.1. The van der Waals surface area contributed by atoms with E-state index in [4.69, 9.17) is 4.74 Å². The lowest BCUT2D eigenvalue weighted by atomic mass is 9.95. The van der Waals surface area contributed by atoms with Crippen LogP contribution < -0.4 is 20.7 Å². The second-order valence-electron chi connectivity index (χ2n) is 7.10. The molecule has 0 atom stereocenters. The Morgan fingerprint density at radius 1 is 1.07 bits per heavy atom. The van der Waals surface area contributed by atoms with E-state index in [-0.39, 0.29) is 41.1 Å². The van der Waals surface area contributed by atoms with Gasteiger partial charge < -0.3 is 20.7 Å². The number of nitrogens with zero attached hydrogens (tertiary/aromatic N) is 1. The van der Waals surface area contributed by atoms with E-state index < -0.39 is 0 Å². The van der Waals surface area contributed by atoms with E-state index in [0.29, 0.717) is 36.9 Å². The van der Waals surface area contributed by atoms with Crippen LogP contribution in [0.5, 0.6) is 5.75 Å². The van der Waals surface area contributed by atoms with E-state index in [0.717, 1.165) is 18.4 Å². The van der Waals surface area contributed by atoms with E-state index in [2.05, 4.69) is 20.9 Å². The number of guanidine groups is 1. The standard InChI is InChI=1S/C22H27FN4O2.HI/c1-24-21(27-15-22(11-12-22)18-5-3-4-6-19(18)23)26-14-13-25-20(28)16-7-9-17(29-2)10-8-16;/h3-10H,11-15H2,1-2H3,(H,25,28)(H2,24,26,27);1H. The second-order valence-corrected chi connectivity index (χ2v) is 7.10. The van der Waals surface area contributed by atoms with E-state index in [1.165, 1.54) is 6.07 Å². The van der Waals surface area contributed by atoms with Crippen molar-refractivity contribution in [1.82, 2.24) is 16.0 Å². The molecule has 30 heavy (non-hydrogen) atoms. The molecule has 0 spiro atoms. The highest BCUT2D eigenvalue weighted by atomic mass is 127. The molecule has 1 saturated carbocycles. The molecule has 0 bridgehead atoms. The van der Waals surface area contributed by atoms with Crippen molar-refractivity contribution in [2.75, 3.05) is 33.8 Å². The van der Waals surface area contributed by atoms with Crippen molar-refractivity contribution in [2.24, 2.45) is 4.99 Å². The summed E-state index contributed by atoms with van der Waals surface area (Å²) in [5.74, 6) is 1.04. The lowest BCUT2D eigenvalue weighted by Crippen LogP contribution is -2.44. The van der Waals surface area contributed by atoms with E-state index in [9.17, 15) is 9.18 Å². The molecular weight excluding hydrogens is 498 g/mol. The van der Waals surface area contributed by atoms with Gasteiger partial charge >= 0.3 is 0 Å². The van der Waals surface area contributed by atoms with Gasteiger partial charge in [0, 0.05) is 37.7 Å². The van der Waals surface area contributed by atoms with E-state index in [1.54, 1.807) is 44.5 Å². The Morgan fingerprint density at radius 2 is 1.73 bits per heavy atom. The lowest BCUT2D eigenvalue weighted by Gasteiger charge is -2.19. The predicted octanol–water partition coefficient (Wildman–Crippen LogP) is 3.08. The van der Waals surface area contributed by atoms with Gasteiger partial charge in [-0.3, -0.25) is 9.79 Å². The minimum atomic E-state index is -0.161. The zero-order chi connectivity index (χ0) is 20.7. The highest BCUT2D eigenvalue weighted by molar-refractivity contribution is 14.0. The number of methoxy groups -OCH3 is 1. The second kappa shape index (κ2) is 11.1. The molecule has 162 valence electrons. The van der Waals surface area contributed by atoms with Crippen LogP contribution >= 0.6 is 24.0 Å². The summed E-state index contributed by atoms with van der Waals surface area (Å²) in [7, 11) is 3.27. The van der Waals surface area contributed by atoms with Crippen LogP contribution in [0.3, 0.4) is 0 Å². The van der Waals surface area contributed by atoms with Gasteiger partial charge in [-0.25, -0.2) is 4.39 Å². The van der Waals surface area contributed by atoms with Gasteiger partial charge in [-0.15, -0.1) is 24.0 Å². The summed E-state index contributed by atoms with van der Waals surface area (Å²) >= 11 is 0. The smallest absolute Gasteiger partial charge is 0.251 e. The molecule has 0 unspecified atom stereocenters. The Balaban J connectivity index is 0.00000320. The monoisotopic (exact) mass is 526 g/mol. The topological polar surface area (TPSA) is 74.8 Å². The fraction of sp³-hybridized carbons (Fsp3) is 0.364. The Bertz CT molecular complexity index is 870. The van der Waals surface area contributed by atoms with Gasteiger partial charge in [-0.1, -0.05) is 18.2 Å². The van der Waals surface area contributed by atoms with E-state index >= 15 is 0 Å². The number of hydrogen-bond donors (Lipinski definition) is 3. The largest absolute Gasteiger partial charge is 0.497 e. The van der Waals surface area contributed by atoms with Gasteiger partial charge in [0.15, 0.2) is 5.96 Å². The number of nitrogens with one attached hydrogen (secondary N) is 3. The summed E-state index contributed by atoms with van der Waals surface area (Å²) in [4.78, 5) is 16.4.